The van der Waals surface area contributed by atoms with Crippen LogP contribution in [0.25, 0.3) is 10.9 Å². The van der Waals surface area contributed by atoms with Crippen LogP contribution in [0.15, 0.2) is 36.5 Å². The van der Waals surface area contributed by atoms with Crippen molar-refractivity contribution in [2.45, 2.75) is 13.3 Å². The van der Waals surface area contributed by atoms with Crippen LogP contribution in [-0.2, 0) is 11.2 Å². The number of rotatable bonds is 3. The van der Waals surface area contributed by atoms with Gasteiger partial charge in [-0.3, -0.25) is 9.78 Å². The number of nitrogens with zero attached hydrogens (tertiary/aromatic N) is 1. The number of hydrogen-bond acceptors (Lipinski definition) is 2. The van der Waals surface area contributed by atoms with Crippen LogP contribution in [0, 0.1) is 0 Å². The van der Waals surface area contributed by atoms with Crippen LogP contribution in [0.4, 0.5) is 0 Å². The van der Waals surface area contributed by atoms with Crippen LogP contribution in [0.1, 0.15) is 12.5 Å². The highest BCUT2D eigenvalue weighted by Gasteiger charge is 2.01. The number of amides is 1. The highest BCUT2D eigenvalue weighted by molar-refractivity contribution is 5.81. The van der Waals surface area contributed by atoms with Gasteiger partial charge in [0.05, 0.1) is 5.52 Å². The van der Waals surface area contributed by atoms with E-state index in [4.69, 9.17) is 0 Å². The van der Waals surface area contributed by atoms with E-state index in [-0.39, 0.29) is 5.91 Å². The molecular weight excluding hydrogens is 200 g/mol. The zero-order valence-electron chi connectivity index (χ0n) is 9.23. The van der Waals surface area contributed by atoms with E-state index >= 15 is 0 Å². The van der Waals surface area contributed by atoms with Crippen molar-refractivity contribution in [1.82, 2.24) is 10.3 Å². The van der Waals surface area contributed by atoms with Crippen LogP contribution in [0.3, 0.4) is 0 Å². The van der Waals surface area contributed by atoms with E-state index < -0.39 is 0 Å². The molecule has 0 saturated heterocycles. The Bertz CT molecular complexity index is 503. The molecule has 0 saturated carbocycles. The quantitative estimate of drug-likeness (QED) is 0.848. The lowest BCUT2D eigenvalue weighted by molar-refractivity contribution is -0.118. The second kappa shape index (κ2) is 4.75. The van der Waals surface area contributed by atoms with E-state index in [1.54, 1.807) is 6.20 Å². The van der Waals surface area contributed by atoms with Crippen LogP contribution in [-0.4, -0.2) is 17.4 Å². The van der Waals surface area contributed by atoms with Gasteiger partial charge in [-0.2, -0.15) is 0 Å². The zero-order valence-corrected chi connectivity index (χ0v) is 9.23. The highest BCUT2D eigenvalue weighted by atomic mass is 16.1. The van der Waals surface area contributed by atoms with Gasteiger partial charge in [-0.15, -0.1) is 0 Å². The maximum Gasteiger partial charge on any atom is 0.216 e. The monoisotopic (exact) mass is 214 g/mol. The zero-order chi connectivity index (χ0) is 11.4. The van der Waals surface area contributed by atoms with Gasteiger partial charge in [-0.1, -0.05) is 24.3 Å². The molecule has 16 heavy (non-hydrogen) atoms. The summed E-state index contributed by atoms with van der Waals surface area (Å²) in [5.74, 6) is 0.00759. The van der Waals surface area contributed by atoms with Gasteiger partial charge in [-0.25, -0.2) is 0 Å². The second-order valence-electron chi connectivity index (χ2n) is 3.73. The molecule has 82 valence electrons. The molecule has 2 rings (SSSR count). The molecule has 2 aromatic rings. The van der Waals surface area contributed by atoms with Crippen molar-refractivity contribution in [3.05, 3.63) is 42.1 Å². The summed E-state index contributed by atoms with van der Waals surface area (Å²) in [6, 6.07) is 10.1. The number of hydrogen-bond donors (Lipinski definition) is 1. The van der Waals surface area contributed by atoms with Gasteiger partial charge in [0.15, 0.2) is 0 Å². The molecule has 0 aliphatic carbocycles. The summed E-state index contributed by atoms with van der Waals surface area (Å²) in [7, 11) is 0. The van der Waals surface area contributed by atoms with Crippen molar-refractivity contribution in [2.24, 2.45) is 0 Å². The molecule has 1 aromatic heterocycles. The summed E-state index contributed by atoms with van der Waals surface area (Å²) in [5, 5.41) is 3.93. The van der Waals surface area contributed by atoms with Gasteiger partial charge in [0.2, 0.25) is 5.91 Å². The number of para-hydroxylation sites is 1. The first-order chi connectivity index (χ1) is 7.77. The highest BCUT2D eigenvalue weighted by Crippen LogP contribution is 2.15. The number of aromatic nitrogens is 1. The van der Waals surface area contributed by atoms with Crippen molar-refractivity contribution in [3.63, 3.8) is 0 Å². The van der Waals surface area contributed by atoms with E-state index in [0.717, 1.165) is 17.3 Å². The van der Waals surface area contributed by atoms with Crippen molar-refractivity contribution >= 4 is 16.8 Å². The summed E-state index contributed by atoms with van der Waals surface area (Å²) in [4.78, 5) is 15.1. The number of pyridine rings is 1. The lowest BCUT2D eigenvalue weighted by Crippen LogP contribution is -2.22. The van der Waals surface area contributed by atoms with E-state index in [1.165, 1.54) is 12.5 Å². The largest absolute Gasteiger partial charge is 0.356 e. The SMILES string of the molecule is CC(=O)NCCc1cccc2cccnc12. The van der Waals surface area contributed by atoms with E-state index in [0.29, 0.717) is 6.54 Å². The molecule has 0 aliphatic rings. The molecule has 0 radical (unpaired) electrons. The topological polar surface area (TPSA) is 42.0 Å². The van der Waals surface area contributed by atoms with Gasteiger partial charge in [0.25, 0.3) is 0 Å². The fourth-order valence-electron chi connectivity index (χ4n) is 1.74. The fraction of sp³-hybridized carbons (Fsp3) is 0.231. The summed E-state index contributed by atoms with van der Waals surface area (Å²) in [5.41, 5.74) is 2.20. The van der Waals surface area contributed by atoms with Gasteiger partial charge in [0, 0.05) is 25.1 Å². The standard InChI is InChI=1S/C13H14N2O/c1-10(16)14-9-7-12-5-2-4-11-6-3-8-15-13(11)12/h2-6,8H,7,9H2,1H3,(H,14,16). The minimum absolute atomic E-state index is 0.00759. The molecule has 3 heteroatoms. The lowest BCUT2D eigenvalue weighted by Gasteiger charge is -2.05. The van der Waals surface area contributed by atoms with Crippen molar-refractivity contribution in [3.8, 4) is 0 Å². The third-order valence-electron chi connectivity index (χ3n) is 2.48. The summed E-state index contributed by atoms with van der Waals surface area (Å²) < 4.78 is 0. The molecule has 0 unspecified atom stereocenters. The number of carbonyl (C=O) groups excluding carboxylic acids is 1. The maximum atomic E-state index is 10.8. The third kappa shape index (κ3) is 2.37. The van der Waals surface area contributed by atoms with Crippen LogP contribution in [0.2, 0.25) is 0 Å². The lowest BCUT2D eigenvalue weighted by atomic mass is 10.1. The Balaban J connectivity index is 2.20. The average Bonchev–Trinajstić information content (AvgIpc) is 2.29. The number of carbonyl (C=O) groups is 1. The predicted octanol–water partition coefficient (Wildman–Crippen LogP) is 1.91. The molecule has 0 fully saturated rings. The Labute approximate surface area is 94.5 Å². The van der Waals surface area contributed by atoms with Crippen LogP contribution >= 0.6 is 0 Å². The van der Waals surface area contributed by atoms with Crippen LogP contribution < -0.4 is 5.32 Å². The number of benzene rings is 1. The van der Waals surface area contributed by atoms with Gasteiger partial charge in [-0.05, 0) is 18.1 Å². The van der Waals surface area contributed by atoms with Gasteiger partial charge in [0.1, 0.15) is 0 Å². The molecule has 0 bridgehead atoms. The first-order valence-corrected chi connectivity index (χ1v) is 5.34. The first kappa shape index (κ1) is 10.6. The van der Waals surface area contributed by atoms with Crippen LogP contribution in [0.5, 0.6) is 0 Å². The van der Waals surface area contributed by atoms with Gasteiger partial charge >= 0.3 is 0 Å². The van der Waals surface area contributed by atoms with Crippen molar-refractivity contribution < 1.29 is 4.79 Å². The normalized spacial score (nSPS) is 10.3. The summed E-state index contributed by atoms with van der Waals surface area (Å²) >= 11 is 0. The maximum absolute atomic E-state index is 10.8. The third-order valence-corrected chi connectivity index (χ3v) is 2.48. The molecule has 3 nitrogen and oxygen atoms in total. The molecule has 1 N–H and O–H groups in total. The van der Waals surface area contributed by atoms with E-state index in [9.17, 15) is 4.79 Å². The Morgan fingerprint density at radius 3 is 2.94 bits per heavy atom. The average molecular weight is 214 g/mol. The molecule has 1 aromatic carbocycles. The molecule has 1 heterocycles. The molecule has 0 aliphatic heterocycles. The Morgan fingerprint density at radius 1 is 1.31 bits per heavy atom. The predicted molar refractivity (Wildman–Crippen MR) is 64.1 cm³/mol. The van der Waals surface area contributed by atoms with E-state index in [2.05, 4.69) is 16.4 Å². The number of fused-ring (bicyclic) bond motifs is 1. The summed E-state index contributed by atoms with van der Waals surface area (Å²) in [6.07, 6.45) is 2.61. The summed E-state index contributed by atoms with van der Waals surface area (Å²) in [6.45, 7) is 2.19. The molecular formula is C13H14N2O. The van der Waals surface area contributed by atoms with Crippen molar-refractivity contribution in [2.75, 3.05) is 6.54 Å². The molecule has 0 spiro atoms. The van der Waals surface area contributed by atoms with Crippen molar-refractivity contribution in [1.29, 1.82) is 0 Å². The Kier molecular flexibility index (Phi) is 3.15. The fourth-order valence-corrected chi connectivity index (χ4v) is 1.74. The minimum Gasteiger partial charge on any atom is -0.356 e. The second-order valence-corrected chi connectivity index (χ2v) is 3.73. The molecule has 0 atom stereocenters. The van der Waals surface area contributed by atoms with E-state index in [1.807, 2.05) is 24.3 Å². The molecule has 1 amide bonds. The minimum atomic E-state index is 0.00759. The number of nitrogens with one attached hydrogen (secondary N) is 1. The smallest absolute Gasteiger partial charge is 0.216 e. The van der Waals surface area contributed by atoms with Gasteiger partial charge < -0.3 is 5.32 Å². The first-order valence-electron chi connectivity index (χ1n) is 5.34. The Morgan fingerprint density at radius 2 is 2.12 bits per heavy atom. The Hall–Kier alpha value is -1.90.